The summed E-state index contributed by atoms with van der Waals surface area (Å²) in [7, 11) is 1.59. The van der Waals surface area contributed by atoms with Crippen molar-refractivity contribution < 1.29 is 13.2 Å². The van der Waals surface area contributed by atoms with Crippen LogP contribution in [-0.2, 0) is 7.05 Å². The van der Waals surface area contributed by atoms with Gasteiger partial charge in [0.1, 0.15) is 22.9 Å². The summed E-state index contributed by atoms with van der Waals surface area (Å²) >= 11 is 5.92. The number of alkyl halides is 2. The Morgan fingerprint density at radius 1 is 1.15 bits per heavy atom. The van der Waals surface area contributed by atoms with Gasteiger partial charge in [0.05, 0.1) is 13.1 Å². The molecule has 174 valence electrons. The normalized spacial score (nSPS) is 20.8. The van der Waals surface area contributed by atoms with Gasteiger partial charge >= 0.3 is 0 Å². The molecule has 1 atom stereocenters. The lowest BCUT2D eigenvalue weighted by Crippen LogP contribution is -2.63. The van der Waals surface area contributed by atoms with Gasteiger partial charge in [-0.2, -0.15) is 0 Å². The third kappa shape index (κ3) is 3.95. The average Bonchev–Trinajstić information content (AvgIpc) is 2.76. The van der Waals surface area contributed by atoms with Gasteiger partial charge in [-0.15, -0.1) is 0 Å². The van der Waals surface area contributed by atoms with Crippen LogP contribution in [0, 0.1) is 12.7 Å². The number of anilines is 1. The summed E-state index contributed by atoms with van der Waals surface area (Å²) in [5.41, 5.74) is 0.269. The molecule has 33 heavy (non-hydrogen) atoms. The van der Waals surface area contributed by atoms with Gasteiger partial charge < -0.3 is 4.90 Å². The molecule has 2 saturated heterocycles. The van der Waals surface area contributed by atoms with Crippen molar-refractivity contribution in [2.24, 2.45) is 7.05 Å². The minimum Gasteiger partial charge on any atom is -0.339 e. The van der Waals surface area contributed by atoms with E-state index in [1.54, 1.807) is 24.9 Å². The predicted octanol–water partition coefficient (Wildman–Crippen LogP) is 3.41. The Labute approximate surface area is 192 Å². The zero-order valence-corrected chi connectivity index (χ0v) is 18.9. The Kier molecular flexibility index (Phi) is 5.32. The summed E-state index contributed by atoms with van der Waals surface area (Å²) in [4.78, 5) is 30.2. The minimum atomic E-state index is -2.64. The Morgan fingerprint density at radius 2 is 1.91 bits per heavy atom. The third-order valence-corrected chi connectivity index (χ3v) is 6.62. The largest absolute Gasteiger partial charge is 0.339 e. The maximum Gasteiger partial charge on any atom is 0.279 e. The summed E-state index contributed by atoms with van der Waals surface area (Å²) in [6.07, 6.45) is 1.56. The van der Waals surface area contributed by atoms with Crippen LogP contribution in [0.4, 0.5) is 19.1 Å². The van der Waals surface area contributed by atoms with E-state index in [1.807, 2.05) is 4.90 Å². The lowest BCUT2D eigenvalue weighted by molar-refractivity contribution is -0.146. The van der Waals surface area contributed by atoms with Crippen molar-refractivity contribution in [3.63, 3.8) is 0 Å². The molecule has 0 saturated carbocycles. The van der Waals surface area contributed by atoms with Crippen LogP contribution in [0.25, 0.3) is 22.3 Å². The van der Waals surface area contributed by atoms with E-state index in [1.165, 1.54) is 16.7 Å². The van der Waals surface area contributed by atoms with Gasteiger partial charge in [-0.3, -0.25) is 14.3 Å². The first-order valence-electron chi connectivity index (χ1n) is 10.7. The fourth-order valence-corrected chi connectivity index (χ4v) is 4.65. The highest BCUT2D eigenvalue weighted by Crippen LogP contribution is 2.33. The molecule has 4 heterocycles. The number of halogens is 4. The molecule has 1 aromatic carbocycles. The van der Waals surface area contributed by atoms with Gasteiger partial charge in [0.15, 0.2) is 5.52 Å². The van der Waals surface area contributed by atoms with E-state index in [0.29, 0.717) is 18.9 Å². The van der Waals surface area contributed by atoms with Gasteiger partial charge in [0, 0.05) is 36.8 Å². The van der Waals surface area contributed by atoms with E-state index in [9.17, 15) is 18.0 Å². The Morgan fingerprint density at radius 3 is 2.61 bits per heavy atom. The third-order valence-electron chi connectivity index (χ3n) is 6.39. The predicted molar refractivity (Wildman–Crippen MR) is 119 cm³/mol. The van der Waals surface area contributed by atoms with Crippen LogP contribution in [0.5, 0.6) is 0 Å². The molecule has 5 rings (SSSR count). The number of rotatable bonds is 3. The van der Waals surface area contributed by atoms with Gasteiger partial charge in [0.25, 0.3) is 11.5 Å². The van der Waals surface area contributed by atoms with Gasteiger partial charge in [-0.1, -0.05) is 11.6 Å². The van der Waals surface area contributed by atoms with Crippen molar-refractivity contribution in [2.75, 3.05) is 31.1 Å². The lowest BCUT2D eigenvalue weighted by atomic mass is 9.99. The molecule has 7 nitrogen and oxygen atoms in total. The number of aryl methyl sites for hydroxylation is 1. The van der Waals surface area contributed by atoms with E-state index >= 15 is 0 Å². The van der Waals surface area contributed by atoms with Gasteiger partial charge in [-0.05, 0) is 38.0 Å². The van der Waals surface area contributed by atoms with Crippen LogP contribution in [0.15, 0.2) is 23.0 Å². The Balaban J connectivity index is 1.62. The first kappa shape index (κ1) is 22.1. The standard InChI is InChI=1S/C22H22ClF3N6O/c1-12-27-18-17(15-6-5-13(23)8-16(15)24)28-21(29-19(18)20(33)30(12)2)31-7-3-4-14(9-31)32-10-22(25,26)11-32/h5-6,8,14H,3-4,7,9-11H2,1-2H3. The topological polar surface area (TPSA) is 67.2 Å². The van der Waals surface area contributed by atoms with E-state index in [0.717, 1.165) is 12.8 Å². The zero-order valence-electron chi connectivity index (χ0n) is 18.2. The van der Waals surface area contributed by atoms with E-state index in [2.05, 4.69) is 15.0 Å². The smallest absolute Gasteiger partial charge is 0.279 e. The molecule has 2 fully saturated rings. The van der Waals surface area contributed by atoms with Gasteiger partial charge in [0.2, 0.25) is 5.95 Å². The number of hydrogen-bond acceptors (Lipinski definition) is 6. The minimum absolute atomic E-state index is 0.0626. The molecule has 2 aromatic heterocycles. The van der Waals surface area contributed by atoms with E-state index in [4.69, 9.17) is 11.6 Å². The SMILES string of the molecule is Cc1nc2c(-c3ccc(Cl)cc3F)nc(N3CCCC(N4CC(F)(F)C4)C3)nc2c(=O)n1C. The molecule has 1 unspecified atom stereocenters. The van der Waals surface area contributed by atoms with Crippen LogP contribution in [-0.4, -0.2) is 62.6 Å². The number of fused-ring (bicyclic) bond motifs is 1. The van der Waals surface area contributed by atoms with Gasteiger partial charge in [-0.25, -0.2) is 28.1 Å². The molecule has 3 aromatic rings. The summed E-state index contributed by atoms with van der Waals surface area (Å²) < 4.78 is 43.0. The number of benzene rings is 1. The number of aromatic nitrogens is 4. The first-order valence-corrected chi connectivity index (χ1v) is 11.1. The molecular weight excluding hydrogens is 457 g/mol. The molecule has 11 heteroatoms. The van der Waals surface area contributed by atoms with Crippen LogP contribution in [0.2, 0.25) is 5.02 Å². The Bertz CT molecular complexity index is 1310. The molecule has 0 radical (unpaired) electrons. The molecule has 2 aliphatic rings. The van der Waals surface area contributed by atoms with Crippen LogP contribution in [0.3, 0.4) is 0 Å². The second kappa shape index (κ2) is 7.95. The monoisotopic (exact) mass is 478 g/mol. The summed E-state index contributed by atoms with van der Waals surface area (Å²) in [5.74, 6) is -2.53. The molecular formula is C22H22ClF3N6O. The van der Waals surface area contributed by atoms with Crippen molar-refractivity contribution >= 4 is 28.6 Å². The Hall–Kier alpha value is -2.72. The first-order chi connectivity index (χ1) is 15.6. The van der Waals surface area contributed by atoms with E-state index in [-0.39, 0.29) is 58.0 Å². The highest BCUT2D eigenvalue weighted by Gasteiger charge is 2.47. The van der Waals surface area contributed by atoms with Crippen molar-refractivity contribution in [2.45, 2.75) is 31.7 Å². The summed E-state index contributed by atoms with van der Waals surface area (Å²) in [6, 6.07) is 4.16. The number of hydrogen-bond donors (Lipinski definition) is 0. The molecule has 2 aliphatic heterocycles. The second-order valence-corrected chi connectivity index (χ2v) is 9.16. The van der Waals surface area contributed by atoms with Crippen LogP contribution < -0.4 is 10.5 Å². The molecule has 0 amide bonds. The van der Waals surface area contributed by atoms with Crippen LogP contribution >= 0.6 is 11.6 Å². The molecule has 0 aliphatic carbocycles. The van der Waals surface area contributed by atoms with Crippen molar-refractivity contribution in [3.05, 3.63) is 45.2 Å². The fourth-order valence-electron chi connectivity index (χ4n) is 4.49. The summed E-state index contributed by atoms with van der Waals surface area (Å²) in [5, 5.41) is 0.236. The van der Waals surface area contributed by atoms with E-state index < -0.39 is 11.7 Å². The van der Waals surface area contributed by atoms with Crippen molar-refractivity contribution in [1.82, 2.24) is 24.4 Å². The maximum atomic E-state index is 14.9. The van der Waals surface area contributed by atoms with Crippen LogP contribution in [0.1, 0.15) is 18.7 Å². The van der Waals surface area contributed by atoms with Crippen molar-refractivity contribution in [1.29, 1.82) is 0 Å². The molecule has 0 bridgehead atoms. The average molecular weight is 479 g/mol. The zero-order chi connectivity index (χ0) is 23.5. The van der Waals surface area contributed by atoms with Crippen molar-refractivity contribution in [3.8, 4) is 11.3 Å². The highest BCUT2D eigenvalue weighted by molar-refractivity contribution is 6.30. The summed E-state index contributed by atoms with van der Waals surface area (Å²) in [6.45, 7) is 2.22. The fraction of sp³-hybridized carbons (Fsp3) is 0.455. The lowest BCUT2D eigenvalue weighted by Gasteiger charge is -2.47. The number of piperidine rings is 1. The number of nitrogens with zero attached hydrogens (tertiary/aromatic N) is 6. The molecule has 0 N–H and O–H groups in total. The quantitative estimate of drug-likeness (QED) is 0.575. The number of likely N-dealkylation sites (tertiary alicyclic amines) is 1. The molecule has 0 spiro atoms. The highest BCUT2D eigenvalue weighted by atomic mass is 35.5. The second-order valence-electron chi connectivity index (χ2n) is 8.72. The maximum absolute atomic E-state index is 14.9.